The van der Waals surface area contributed by atoms with E-state index in [1.807, 2.05) is 13.3 Å². The molecule has 0 saturated heterocycles. The lowest BCUT2D eigenvalue weighted by atomic mass is 9.99. The Morgan fingerprint density at radius 2 is 1.67 bits per heavy atom. The Kier molecular flexibility index (Phi) is 3.66. The fourth-order valence-electron chi connectivity index (χ4n) is 2.21. The van der Waals surface area contributed by atoms with E-state index in [1.165, 1.54) is 22.3 Å². The van der Waals surface area contributed by atoms with Gasteiger partial charge in [0.25, 0.3) is 0 Å². The minimum atomic E-state index is -1.87. The summed E-state index contributed by atoms with van der Waals surface area (Å²) in [5.41, 5.74) is 5.88. The van der Waals surface area contributed by atoms with E-state index in [-0.39, 0.29) is 0 Å². The van der Waals surface area contributed by atoms with Gasteiger partial charge in [0.2, 0.25) is 0 Å². The maximum absolute atomic E-state index is 11.7. The zero-order valence-corrected chi connectivity index (χ0v) is 11.7. The van der Waals surface area contributed by atoms with Crippen LogP contribution in [0.25, 0.3) is 0 Å². The Bertz CT molecular complexity index is 368. The Labute approximate surface area is 94.0 Å². The SMILES string of the molecule is CC1=C(C)C(C)C(C)=C1CCP(C)(C)=O. The van der Waals surface area contributed by atoms with Crippen molar-refractivity contribution < 1.29 is 4.57 Å². The molecule has 1 aliphatic rings. The second-order valence-electron chi connectivity index (χ2n) is 5.24. The standard InChI is InChI=1S/C13H23OP/c1-9-10(2)12(4)13(11(9)3)7-8-15(5,6)14/h9H,7-8H2,1-6H3. The third kappa shape index (κ3) is 2.84. The molecule has 0 N–H and O–H groups in total. The second-order valence-corrected chi connectivity index (χ2v) is 8.83. The van der Waals surface area contributed by atoms with Crippen LogP contribution in [0, 0.1) is 5.92 Å². The van der Waals surface area contributed by atoms with Gasteiger partial charge in [-0.3, -0.25) is 0 Å². The summed E-state index contributed by atoms with van der Waals surface area (Å²) in [6.45, 7) is 12.7. The molecular weight excluding hydrogens is 203 g/mol. The van der Waals surface area contributed by atoms with Gasteiger partial charge >= 0.3 is 0 Å². The van der Waals surface area contributed by atoms with Crippen molar-refractivity contribution in [3.05, 3.63) is 22.3 Å². The average Bonchev–Trinajstić information content (AvgIpc) is 2.28. The van der Waals surface area contributed by atoms with Crippen LogP contribution in [0.1, 0.15) is 34.1 Å². The van der Waals surface area contributed by atoms with E-state index >= 15 is 0 Å². The van der Waals surface area contributed by atoms with Gasteiger partial charge in [-0.15, -0.1) is 0 Å². The molecule has 1 rings (SSSR count). The number of allylic oxidation sites excluding steroid dienone is 4. The normalized spacial score (nSPS) is 22.9. The highest BCUT2D eigenvalue weighted by molar-refractivity contribution is 7.62. The first-order chi connectivity index (χ1) is 6.74. The van der Waals surface area contributed by atoms with Gasteiger partial charge in [0.1, 0.15) is 0 Å². The van der Waals surface area contributed by atoms with Gasteiger partial charge in [-0.05, 0) is 57.6 Å². The Balaban J connectivity index is 2.83. The largest absolute Gasteiger partial charge is 0.324 e. The Morgan fingerprint density at radius 3 is 2.00 bits per heavy atom. The summed E-state index contributed by atoms with van der Waals surface area (Å²) in [6, 6.07) is 0. The molecule has 86 valence electrons. The molecular formula is C13H23OP. The second kappa shape index (κ2) is 4.29. The van der Waals surface area contributed by atoms with Crippen LogP contribution < -0.4 is 0 Å². The summed E-state index contributed by atoms with van der Waals surface area (Å²) in [6.07, 6.45) is 1.83. The lowest BCUT2D eigenvalue weighted by molar-refractivity contribution is 0.582. The highest BCUT2D eigenvalue weighted by Crippen LogP contribution is 2.43. The van der Waals surface area contributed by atoms with Crippen molar-refractivity contribution >= 4 is 7.14 Å². The predicted octanol–water partition coefficient (Wildman–Crippen LogP) is 4.30. The van der Waals surface area contributed by atoms with Gasteiger partial charge in [0, 0.05) is 6.16 Å². The summed E-state index contributed by atoms with van der Waals surface area (Å²) in [4.78, 5) is 0. The predicted molar refractivity (Wildman–Crippen MR) is 69.2 cm³/mol. The average molecular weight is 226 g/mol. The van der Waals surface area contributed by atoms with Crippen molar-refractivity contribution in [3.63, 3.8) is 0 Å². The van der Waals surface area contributed by atoms with Crippen LogP contribution in [0.3, 0.4) is 0 Å². The van der Waals surface area contributed by atoms with Crippen molar-refractivity contribution in [2.45, 2.75) is 34.1 Å². The van der Waals surface area contributed by atoms with Crippen molar-refractivity contribution in [1.29, 1.82) is 0 Å². The van der Waals surface area contributed by atoms with Gasteiger partial charge in [-0.25, -0.2) is 0 Å². The molecule has 0 amide bonds. The maximum atomic E-state index is 11.7. The first-order valence-electron chi connectivity index (χ1n) is 5.65. The van der Waals surface area contributed by atoms with E-state index in [0.29, 0.717) is 5.92 Å². The van der Waals surface area contributed by atoms with Gasteiger partial charge in [-0.1, -0.05) is 18.1 Å². The molecule has 0 saturated carbocycles. The van der Waals surface area contributed by atoms with E-state index < -0.39 is 7.14 Å². The van der Waals surface area contributed by atoms with E-state index in [2.05, 4.69) is 27.7 Å². The molecule has 0 aromatic carbocycles. The molecule has 15 heavy (non-hydrogen) atoms. The van der Waals surface area contributed by atoms with E-state index in [0.717, 1.165) is 12.6 Å². The quantitative estimate of drug-likeness (QED) is 0.656. The third-order valence-electron chi connectivity index (χ3n) is 3.72. The molecule has 0 aromatic rings. The van der Waals surface area contributed by atoms with Crippen molar-refractivity contribution in [2.24, 2.45) is 5.92 Å². The van der Waals surface area contributed by atoms with E-state index in [9.17, 15) is 4.57 Å². The highest BCUT2D eigenvalue weighted by atomic mass is 31.2. The Morgan fingerprint density at radius 1 is 1.13 bits per heavy atom. The van der Waals surface area contributed by atoms with E-state index in [1.54, 1.807) is 0 Å². The van der Waals surface area contributed by atoms with E-state index in [4.69, 9.17) is 0 Å². The molecule has 1 atom stereocenters. The first-order valence-corrected chi connectivity index (χ1v) is 8.44. The third-order valence-corrected chi connectivity index (χ3v) is 5.02. The van der Waals surface area contributed by atoms with Crippen LogP contribution in [0.15, 0.2) is 22.3 Å². The van der Waals surface area contributed by atoms with Crippen LogP contribution in [-0.2, 0) is 4.57 Å². The van der Waals surface area contributed by atoms with Gasteiger partial charge in [-0.2, -0.15) is 0 Å². The fraction of sp³-hybridized carbons (Fsp3) is 0.692. The van der Waals surface area contributed by atoms with Crippen LogP contribution >= 0.6 is 7.14 Å². The monoisotopic (exact) mass is 226 g/mol. The zero-order valence-electron chi connectivity index (χ0n) is 10.8. The number of rotatable bonds is 3. The molecule has 0 spiro atoms. The van der Waals surface area contributed by atoms with Crippen LogP contribution in [0.2, 0.25) is 0 Å². The smallest absolute Gasteiger partial charge is 0.0822 e. The first kappa shape index (κ1) is 12.8. The molecule has 2 heteroatoms. The van der Waals surface area contributed by atoms with Gasteiger partial charge in [0.15, 0.2) is 0 Å². The van der Waals surface area contributed by atoms with Crippen molar-refractivity contribution in [2.75, 3.05) is 19.5 Å². The Hall–Kier alpha value is -0.290. The highest BCUT2D eigenvalue weighted by Gasteiger charge is 2.23. The fourth-order valence-corrected chi connectivity index (χ4v) is 2.97. The molecule has 0 radical (unpaired) electrons. The van der Waals surface area contributed by atoms with Crippen LogP contribution in [-0.4, -0.2) is 19.5 Å². The molecule has 0 aromatic heterocycles. The molecule has 0 aliphatic heterocycles. The lowest BCUT2D eigenvalue weighted by Crippen LogP contribution is -1.94. The molecule has 1 aliphatic carbocycles. The number of hydrogen-bond acceptors (Lipinski definition) is 1. The summed E-state index contributed by atoms with van der Waals surface area (Å²) in [5, 5.41) is 0. The summed E-state index contributed by atoms with van der Waals surface area (Å²) >= 11 is 0. The van der Waals surface area contributed by atoms with Crippen molar-refractivity contribution in [3.8, 4) is 0 Å². The zero-order chi connectivity index (χ0) is 11.8. The molecule has 1 nitrogen and oxygen atoms in total. The van der Waals surface area contributed by atoms with Crippen LogP contribution in [0.5, 0.6) is 0 Å². The molecule has 0 bridgehead atoms. The summed E-state index contributed by atoms with van der Waals surface area (Å²) in [5.74, 6) is 0.591. The molecule has 0 heterocycles. The molecule has 0 fully saturated rings. The molecule has 1 unspecified atom stereocenters. The number of hydrogen-bond donors (Lipinski definition) is 0. The summed E-state index contributed by atoms with van der Waals surface area (Å²) in [7, 11) is -1.87. The topological polar surface area (TPSA) is 17.1 Å². The van der Waals surface area contributed by atoms with Crippen LogP contribution in [0.4, 0.5) is 0 Å². The lowest BCUT2D eigenvalue weighted by Gasteiger charge is -2.10. The van der Waals surface area contributed by atoms with Gasteiger partial charge in [0.05, 0.1) is 7.14 Å². The minimum absolute atomic E-state index is 0.591. The maximum Gasteiger partial charge on any atom is 0.0822 e. The minimum Gasteiger partial charge on any atom is -0.324 e. The summed E-state index contributed by atoms with van der Waals surface area (Å²) < 4.78 is 11.7. The van der Waals surface area contributed by atoms with Gasteiger partial charge < -0.3 is 4.57 Å². The van der Waals surface area contributed by atoms with Crippen molar-refractivity contribution in [1.82, 2.24) is 0 Å².